The average Bonchev–Trinajstić information content (AvgIpc) is 2.61. The van der Waals surface area contributed by atoms with Crippen molar-refractivity contribution < 1.29 is 26.4 Å². The van der Waals surface area contributed by atoms with Gasteiger partial charge in [0.25, 0.3) is 0 Å². The molecule has 17 heteroatoms. The van der Waals surface area contributed by atoms with Gasteiger partial charge in [-0.25, -0.2) is 9.97 Å². The molecule has 0 N–H and O–H groups in total. The summed E-state index contributed by atoms with van der Waals surface area (Å²) < 4.78 is 34.4. The van der Waals surface area contributed by atoms with Crippen LogP contribution in [0.3, 0.4) is 0 Å². The zero-order valence-electron chi connectivity index (χ0n) is 12.9. The minimum atomic E-state index is -4.43. The van der Waals surface area contributed by atoms with E-state index in [1.54, 1.807) is 0 Å². The predicted octanol–water partition coefficient (Wildman–Crippen LogP) is 8.17. The maximum absolute atomic E-state index is 12.0. The van der Waals surface area contributed by atoms with E-state index in [-0.39, 0.29) is 20.4 Å². The number of hydrogen-bond donors (Lipinski definition) is 0. The molecule has 2 heterocycles. The summed E-state index contributed by atoms with van der Waals surface area (Å²) >= 11 is 48.1. The molecule has 2 rings (SSSR count). The zero-order chi connectivity index (χ0) is 23.4. The molecular formula is C12H4Cl7F3I5N2-. The van der Waals surface area contributed by atoms with Gasteiger partial charge in [-0.05, 0) is 12.1 Å². The van der Waals surface area contributed by atoms with Gasteiger partial charge in [-0.1, -0.05) is 81.2 Å². The third kappa shape index (κ3) is 16.1. The van der Waals surface area contributed by atoms with Crippen LogP contribution in [0.5, 0.6) is 0 Å². The Morgan fingerprint density at radius 2 is 1.07 bits per heavy atom. The molecule has 0 radical (unpaired) electrons. The van der Waals surface area contributed by atoms with Crippen LogP contribution in [0, 0.1) is 0 Å². The zero-order valence-corrected chi connectivity index (χ0v) is 29.0. The molecule has 0 unspecified atom stereocenters. The van der Waals surface area contributed by atoms with E-state index in [1.807, 2.05) is 0 Å². The van der Waals surface area contributed by atoms with Crippen LogP contribution in [-0.2, 0) is 9.97 Å². The summed E-state index contributed by atoms with van der Waals surface area (Å²) in [4.78, 5) is 6.98. The van der Waals surface area contributed by atoms with Crippen LogP contribution in [0.25, 0.3) is 0 Å². The van der Waals surface area contributed by atoms with Crippen LogP contribution in [0.4, 0.5) is 13.2 Å². The normalized spacial score (nSPS) is 10.7. The molecule has 0 aliphatic heterocycles. The molecule has 0 amide bonds. The van der Waals surface area contributed by atoms with E-state index in [9.17, 15) is 13.2 Å². The van der Waals surface area contributed by atoms with E-state index in [4.69, 9.17) is 81.2 Å². The molecule has 0 spiro atoms. The van der Waals surface area contributed by atoms with Crippen molar-refractivity contribution in [2.75, 3.05) is 0 Å². The Hall–Kier alpha value is 3.77. The molecule has 0 atom stereocenters. The van der Waals surface area contributed by atoms with Crippen molar-refractivity contribution in [3.8, 4) is 0 Å². The first-order valence-electron chi connectivity index (χ1n) is 6.01. The van der Waals surface area contributed by atoms with Crippen molar-refractivity contribution in [3.05, 3.63) is 56.0 Å². The molecule has 0 aromatic carbocycles. The third-order valence-electron chi connectivity index (χ3n) is 2.25. The molecule has 29 heavy (non-hydrogen) atoms. The number of rotatable bonds is 0. The van der Waals surface area contributed by atoms with E-state index >= 15 is 0 Å². The van der Waals surface area contributed by atoms with Gasteiger partial charge in [-0.15, -0.1) is 0 Å². The topological polar surface area (TPSA) is 25.8 Å². The summed E-state index contributed by atoms with van der Waals surface area (Å²) in [6, 6.07) is 2.20. The Labute approximate surface area is 253 Å². The van der Waals surface area contributed by atoms with Crippen LogP contribution in [0.1, 0.15) is 11.1 Å². The Balaban J connectivity index is 0. The maximum atomic E-state index is 12.0. The predicted molar refractivity (Wildman–Crippen MR) is 149 cm³/mol. The number of alkyl halides is 6. The van der Waals surface area contributed by atoms with Crippen molar-refractivity contribution in [2.45, 2.75) is 9.97 Å². The van der Waals surface area contributed by atoms with Crippen LogP contribution >= 0.6 is 156 Å². The molecule has 0 fully saturated rings. The van der Waals surface area contributed by atoms with Gasteiger partial charge >= 0.3 is 56.7 Å². The van der Waals surface area contributed by atoms with Crippen LogP contribution < -0.4 is 13.3 Å². The monoisotopic (exact) mass is 1110 g/mol. The molecule has 0 aliphatic carbocycles. The van der Waals surface area contributed by atoms with Gasteiger partial charge in [0.15, 0.2) is 0 Å². The van der Waals surface area contributed by atoms with Gasteiger partial charge in [-0.2, -0.15) is 13.2 Å². The van der Waals surface area contributed by atoms with Gasteiger partial charge in [0.05, 0.1) is 15.6 Å². The number of pyridine rings is 2. The first-order valence-corrected chi connectivity index (χ1v) is 27.5. The van der Waals surface area contributed by atoms with Crippen molar-refractivity contribution in [2.24, 2.45) is 0 Å². The molecule has 168 valence electrons. The van der Waals surface area contributed by atoms with E-state index in [1.165, 1.54) is 12.3 Å². The van der Waals surface area contributed by atoms with Crippen molar-refractivity contribution in [3.63, 3.8) is 0 Å². The molecule has 2 aromatic heterocycles. The summed E-state index contributed by atoms with van der Waals surface area (Å²) in [6.45, 7) is 0. The van der Waals surface area contributed by atoms with Crippen molar-refractivity contribution in [1.29, 1.82) is 0 Å². The number of nitrogens with zero attached hydrogens (tertiary/aromatic N) is 2. The van der Waals surface area contributed by atoms with E-state index in [2.05, 4.69) is 84.4 Å². The molecule has 0 aliphatic rings. The molecular weight excluding hydrogens is 1110 g/mol. The molecule has 0 bridgehead atoms. The molecule has 2 nitrogen and oxygen atoms in total. The first-order chi connectivity index (χ1) is 13.2. The fourth-order valence-corrected chi connectivity index (χ4v) is 2.00. The van der Waals surface area contributed by atoms with Crippen molar-refractivity contribution >= 4 is 156 Å². The van der Waals surface area contributed by atoms with Crippen LogP contribution in [0.15, 0.2) is 24.5 Å². The second kappa shape index (κ2) is 18.1. The Morgan fingerprint density at radius 1 is 0.759 bits per heavy atom. The van der Waals surface area contributed by atoms with Crippen LogP contribution in [-0.4, -0.2) is 9.97 Å². The summed E-state index contributed by atoms with van der Waals surface area (Å²) in [7, 11) is 0. The number of aromatic nitrogens is 2. The number of hydrogen-bond acceptors (Lipinski definition) is 2. The fourth-order valence-electron chi connectivity index (χ4n) is 1.15. The second-order valence-corrected chi connectivity index (χ2v) is 24.1. The summed E-state index contributed by atoms with van der Waals surface area (Å²) in [5.41, 5.74) is -0.515. The van der Waals surface area contributed by atoms with Gasteiger partial charge in [-0.3, -0.25) is 0 Å². The number of halogens is 15. The van der Waals surface area contributed by atoms with E-state index < -0.39 is 15.5 Å². The average molecular weight is 1120 g/mol. The SMILES string of the molecule is Clc1cc(C(Cl)(Cl)Cl)cnc1Cl.FC(F)(F)c1cnc(Cl)c(Cl)c1.II.I[I-]I. The first kappa shape index (κ1) is 34.9. The minimum absolute atomic E-state index is 0.135. The Bertz CT molecular complexity index is 689. The van der Waals surface area contributed by atoms with E-state index in [0.29, 0.717) is 25.0 Å². The van der Waals surface area contributed by atoms with Gasteiger partial charge < -0.3 is 0 Å². The summed E-state index contributed by atoms with van der Waals surface area (Å²) in [5, 5.41) is 0.117. The summed E-state index contributed by atoms with van der Waals surface area (Å²) in [6.07, 6.45) is -2.43. The summed E-state index contributed by atoms with van der Waals surface area (Å²) in [5.74, 6) is 0. The van der Waals surface area contributed by atoms with Crippen LogP contribution in [0.2, 0.25) is 20.4 Å². The van der Waals surface area contributed by atoms with Gasteiger partial charge in [0, 0.05) is 55.2 Å². The fraction of sp³-hybridized carbons (Fsp3) is 0.167. The molecule has 0 saturated carbocycles. The molecule has 2 aromatic rings. The Morgan fingerprint density at radius 3 is 1.34 bits per heavy atom. The third-order valence-corrected chi connectivity index (χ3v) is 4.27. The van der Waals surface area contributed by atoms with Gasteiger partial charge in [0.2, 0.25) is 3.79 Å². The standard InChI is InChI=1S/C6H2Cl5N.C6H2Cl2F3N.I3.I2/c2*7-4-1-3(6(9,10)11)2-12-5(4)8;1-3-2;1-2/h2*1-2H;;/q;;-1;. The van der Waals surface area contributed by atoms with E-state index in [0.717, 1.165) is 6.07 Å². The second-order valence-electron chi connectivity index (χ2n) is 4.04. The van der Waals surface area contributed by atoms with Gasteiger partial charge in [0.1, 0.15) is 10.3 Å². The quantitative estimate of drug-likeness (QED) is 0.151. The Kier molecular flexibility index (Phi) is 21.8. The van der Waals surface area contributed by atoms with Crippen molar-refractivity contribution in [1.82, 2.24) is 9.97 Å². The molecule has 0 saturated heterocycles.